The van der Waals surface area contributed by atoms with E-state index >= 15 is 0 Å². The van der Waals surface area contributed by atoms with Crippen LogP contribution in [0.25, 0.3) is 106 Å². The van der Waals surface area contributed by atoms with Crippen LogP contribution in [0.2, 0.25) is 0 Å². The Labute approximate surface area is 610 Å². The molecule has 530 valence electrons. The van der Waals surface area contributed by atoms with Gasteiger partial charge in [0.2, 0.25) is 0 Å². The van der Waals surface area contributed by atoms with Gasteiger partial charge in [0.25, 0.3) is 0 Å². The van der Waals surface area contributed by atoms with E-state index in [2.05, 4.69) is 179 Å². The van der Waals surface area contributed by atoms with E-state index in [1.807, 2.05) is 200 Å². The molecule has 9 heterocycles. The molecule has 0 radical (unpaired) electrons. The number of aromatic nitrogens is 14. The van der Waals surface area contributed by atoms with Gasteiger partial charge in [0.15, 0.2) is 0 Å². The van der Waals surface area contributed by atoms with Crippen LogP contribution in [0.4, 0.5) is 0 Å². The minimum absolute atomic E-state index is 0.0489. The summed E-state index contributed by atoms with van der Waals surface area (Å²) >= 11 is 0. The van der Waals surface area contributed by atoms with E-state index in [0.717, 1.165) is 79.4 Å². The number of benzene rings is 12. The highest BCUT2D eigenvalue weighted by atomic mass is 16.3. The Kier molecular flexibility index (Phi) is 15.4. The Bertz CT molecular complexity index is 6530. The number of hydrogen-bond donors (Lipinski definition) is 5. The molecule has 0 amide bonds. The molecule has 12 aromatic carbocycles. The third kappa shape index (κ3) is 11.4. The summed E-state index contributed by atoms with van der Waals surface area (Å²) in [5.41, 5.74) is 23.8. The molecule has 19 nitrogen and oxygen atoms in total. The van der Waals surface area contributed by atoms with Gasteiger partial charge in [-0.3, -0.25) is 4.57 Å². The highest BCUT2D eigenvalue weighted by Gasteiger charge is 2.33. The summed E-state index contributed by atoms with van der Waals surface area (Å²) in [6, 6.07) is 89.9. The molecule has 9 aromatic heterocycles. The van der Waals surface area contributed by atoms with E-state index in [4.69, 9.17) is 4.98 Å². The van der Waals surface area contributed by atoms with E-state index in [-0.39, 0.29) is 22.0 Å². The van der Waals surface area contributed by atoms with E-state index in [9.17, 15) is 25.5 Å². The number of hydrogen-bond acceptors (Lipinski definition) is 6. The summed E-state index contributed by atoms with van der Waals surface area (Å²) in [6.07, 6.45) is 1.08. The Hall–Kier alpha value is -13.3. The molecule has 0 aliphatic carbocycles. The van der Waals surface area contributed by atoms with E-state index < -0.39 is 0 Å². The Morgan fingerprint density at radius 3 is 1.12 bits per heavy atom. The van der Waals surface area contributed by atoms with Crippen molar-refractivity contribution in [2.24, 2.45) is 5.41 Å². The summed E-state index contributed by atoms with van der Waals surface area (Å²) in [4.78, 5) is 12.7. The summed E-state index contributed by atoms with van der Waals surface area (Å²) in [5.74, 6) is 2.18. The van der Waals surface area contributed by atoms with Gasteiger partial charge in [-0.1, -0.05) is 195 Å². The molecule has 0 saturated heterocycles. The van der Waals surface area contributed by atoms with Gasteiger partial charge in [-0.2, -0.15) is 0 Å². The summed E-state index contributed by atoms with van der Waals surface area (Å²) in [7, 11) is 0. The zero-order valence-corrected chi connectivity index (χ0v) is 60.7. The highest BCUT2D eigenvalue weighted by Crippen LogP contribution is 2.42. The Morgan fingerprint density at radius 1 is 0.302 bits per heavy atom. The van der Waals surface area contributed by atoms with Gasteiger partial charge in [0.1, 0.15) is 101 Å². The number of rotatable bonds is 9. The molecule has 21 aromatic rings. The largest absolute Gasteiger partial charge is 0.507 e. The second kappa shape index (κ2) is 24.7. The number of imidazole rings is 1. The summed E-state index contributed by atoms with van der Waals surface area (Å²) in [6.45, 7) is 21.9. The van der Waals surface area contributed by atoms with E-state index in [1.165, 1.54) is 55.4 Å². The summed E-state index contributed by atoms with van der Waals surface area (Å²) in [5, 5.41) is 50.8. The Morgan fingerprint density at radius 2 is 0.670 bits per heavy atom. The number of para-hydroxylation sites is 10. The van der Waals surface area contributed by atoms with Gasteiger partial charge in [-0.25, -0.2) is 4.98 Å². The first-order chi connectivity index (χ1) is 51.0. The maximum absolute atomic E-state index is 10.4. The first-order valence-electron chi connectivity index (χ1n) is 35.7. The number of phenolic OH excluding ortho intramolecular Hbond substituents is 5. The van der Waals surface area contributed by atoms with Crippen molar-refractivity contribution in [1.82, 2.24) is 65.8 Å². The van der Waals surface area contributed by atoms with Gasteiger partial charge < -0.3 is 25.5 Å². The average molecular weight is 1400 g/mol. The van der Waals surface area contributed by atoms with Gasteiger partial charge in [0, 0.05) is 5.69 Å². The topological polar surface area (TPSA) is 174 Å². The molecule has 0 atom stereocenters. The van der Waals surface area contributed by atoms with Crippen LogP contribution in [0.3, 0.4) is 0 Å². The van der Waals surface area contributed by atoms with Gasteiger partial charge >= 0.3 is 0 Å². The fourth-order valence-corrected chi connectivity index (χ4v) is 14.8. The monoisotopic (exact) mass is 1400 g/mol. The van der Waals surface area contributed by atoms with Crippen LogP contribution < -0.4 is 0 Å². The molecule has 21 rings (SSSR count). The second-order valence-electron chi connectivity index (χ2n) is 30.4. The third-order valence-electron chi connectivity index (χ3n) is 19.9. The molecule has 0 aliphatic heterocycles. The molecule has 0 saturated carbocycles. The SMILES string of the molecule is CC(C)(C)CC(C)(C)c1ccc(O)c(-n2n3c4ccccc4n23)c1.CC(C)(C)c1ccc(O)c(-n2n3c4ccccc4n23)c1.Cc1ccc(O)c(-n2n3c4ccc(-c5ccccc5)cc4n23)c1.Cc1ccc(O)c(-n2n3c4ccccc4n23)c1.Oc1ccccc1-c1nc2ccccc2n1-c1ccccc1. The fourth-order valence-electron chi connectivity index (χ4n) is 14.8. The van der Waals surface area contributed by atoms with Gasteiger partial charge in [-0.05, 0) is 203 Å². The van der Waals surface area contributed by atoms with Crippen molar-refractivity contribution in [2.45, 2.75) is 86.5 Å². The Balaban J connectivity index is 0.0000000979. The number of fused-ring (bicyclic) bond motifs is 17. The number of nitrogens with zero attached hydrogens (tertiary/aromatic N) is 14. The average Bonchev–Trinajstić information content (AvgIpc) is 1.52. The van der Waals surface area contributed by atoms with Crippen LogP contribution in [0, 0.1) is 19.3 Å². The minimum Gasteiger partial charge on any atom is -0.507 e. The van der Waals surface area contributed by atoms with Crippen molar-refractivity contribution in [3.63, 3.8) is 0 Å². The lowest BCUT2D eigenvalue weighted by atomic mass is 9.72. The lowest BCUT2D eigenvalue weighted by Crippen LogP contribution is -2.24. The van der Waals surface area contributed by atoms with Gasteiger partial charge in [-0.15, -0.1) is 56.2 Å². The predicted molar refractivity (Wildman–Crippen MR) is 421 cm³/mol. The van der Waals surface area contributed by atoms with Crippen LogP contribution in [0.1, 0.15) is 84.1 Å². The molecule has 0 aliphatic rings. The van der Waals surface area contributed by atoms with Crippen molar-refractivity contribution in [1.29, 1.82) is 0 Å². The molecule has 5 N–H and O–H groups in total. The smallest absolute Gasteiger partial charge is 0.149 e. The standard InChI is InChI=1S/C20H25N3O.C19H15N3O.C19H14N2O.C16H17N3O.C13H11N3O/c1-19(2,3)13-20(4,5)14-10-11-18(24)17(12-14)23-21-15-8-6-7-9-16(15)22(21)23;1-13-7-10-19(23)18(11-13)22-20-16-9-8-15(12-17(16)21(20)22)14-5-3-2-4-6-14;22-18-13-7-4-10-15(18)19-20-16-11-5-6-12-17(16)21(19)14-8-2-1-3-9-14;1-16(2,3)11-8-9-15(20)14(10-11)19-17-12-6-4-5-7-13(12)18(17)19;1-9-6-7-13(17)12(8-9)16-14-10-4-2-3-5-11(10)15(14)16/h6-12,24H,13H2,1-5H3;2-12,23H,1H3;1-13,22H;4-10,20H,1-3H3;2-8,17H,1H3. The van der Waals surface area contributed by atoms with Crippen molar-refractivity contribution >= 4 is 55.2 Å². The number of aryl methyl sites for hydroxylation is 2. The maximum atomic E-state index is 10.4. The van der Waals surface area contributed by atoms with Crippen LogP contribution in [0.5, 0.6) is 28.7 Å². The lowest BCUT2D eigenvalue weighted by Gasteiger charge is -2.33. The van der Waals surface area contributed by atoms with Crippen LogP contribution in [-0.2, 0) is 10.8 Å². The van der Waals surface area contributed by atoms with Crippen LogP contribution in [-0.4, -0.2) is 91.3 Å². The van der Waals surface area contributed by atoms with Crippen LogP contribution in [0.15, 0.2) is 273 Å². The van der Waals surface area contributed by atoms with Crippen molar-refractivity contribution < 1.29 is 25.5 Å². The van der Waals surface area contributed by atoms with Crippen LogP contribution >= 0.6 is 0 Å². The van der Waals surface area contributed by atoms with Gasteiger partial charge in [0.05, 0.1) is 16.6 Å². The van der Waals surface area contributed by atoms with E-state index in [0.29, 0.717) is 23.0 Å². The molecule has 0 fully saturated rings. The summed E-state index contributed by atoms with van der Waals surface area (Å²) < 4.78 is 18.5. The van der Waals surface area contributed by atoms with Crippen molar-refractivity contribution in [3.8, 4) is 79.7 Å². The quantitative estimate of drug-likeness (QED) is 0.0962. The third-order valence-corrected chi connectivity index (χ3v) is 19.9. The normalized spacial score (nSPS) is 12.3. The minimum atomic E-state index is 0.0489. The first kappa shape index (κ1) is 66.0. The molecule has 0 unspecified atom stereocenters. The first-order valence-corrected chi connectivity index (χ1v) is 35.7. The molecule has 19 heteroatoms. The van der Waals surface area contributed by atoms with E-state index in [1.54, 1.807) is 24.3 Å². The molecular weight excluding hydrogens is 1320 g/mol. The fraction of sp³-hybridized carbons (Fsp3) is 0.161. The number of phenols is 5. The zero-order valence-electron chi connectivity index (χ0n) is 60.7. The molecule has 106 heavy (non-hydrogen) atoms. The zero-order chi connectivity index (χ0) is 73.4. The molecule has 0 bridgehead atoms. The lowest BCUT2D eigenvalue weighted by molar-refractivity contribution is 0.284. The maximum Gasteiger partial charge on any atom is 0.149 e. The highest BCUT2D eigenvalue weighted by molar-refractivity contribution is 5.87. The molecular formula is C87H82N14O5. The van der Waals surface area contributed by atoms with Crippen molar-refractivity contribution in [3.05, 3.63) is 295 Å². The predicted octanol–water partition coefficient (Wildman–Crippen LogP) is 19.2. The van der Waals surface area contributed by atoms with Crippen molar-refractivity contribution in [2.75, 3.05) is 0 Å². The second-order valence-corrected chi connectivity index (χ2v) is 30.4. The molecule has 0 spiro atoms. The number of aromatic hydroxyl groups is 5.